The van der Waals surface area contributed by atoms with Crippen LogP contribution in [-0.4, -0.2) is 26.2 Å². The Morgan fingerprint density at radius 1 is 1.32 bits per heavy atom. The van der Waals surface area contributed by atoms with E-state index >= 15 is 0 Å². The Hall–Kier alpha value is -2.63. The van der Waals surface area contributed by atoms with Gasteiger partial charge in [0.2, 0.25) is 0 Å². The van der Waals surface area contributed by atoms with Crippen LogP contribution in [0.2, 0.25) is 0 Å². The van der Waals surface area contributed by atoms with Crippen molar-refractivity contribution in [3.63, 3.8) is 0 Å². The molecule has 0 radical (unpaired) electrons. The number of hydrogen-bond donors (Lipinski definition) is 1. The Bertz CT molecular complexity index is 783. The number of ether oxygens (including phenoxy) is 1. The standard InChI is InChI=1S/C16H19N5O/c1-4-22-14-7-5-6-13(9-14)12(3)20-15-8-11(2)19-16-17-10-18-21(15)16/h5-10,12,20H,4H2,1-3H3. The van der Waals surface area contributed by atoms with Crippen LogP contribution in [0.4, 0.5) is 5.82 Å². The van der Waals surface area contributed by atoms with Gasteiger partial charge in [-0.1, -0.05) is 12.1 Å². The van der Waals surface area contributed by atoms with E-state index in [2.05, 4.69) is 33.4 Å². The van der Waals surface area contributed by atoms with E-state index in [-0.39, 0.29) is 6.04 Å². The third-order valence-electron chi connectivity index (χ3n) is 3.41. The van der Waals surface area contributed by atoms with Crippen molar-refractivity contribution in [3.05, 3.63) is 47.9 Å². The monoisotopic (exact) mass is 297 g/mol. The topological polar surface area (TPSA) is 64.3 Å². The third kappa shape index (κ3) is 2.86. The summed E-state index contributed by atoms with van der Waals surface area (Å²) in [4.78, 5) is 8.48. The molecule has 2 heterocycles. The summed E-state index contributed by atoms with van der Waals surface area (Å²) < 4.78 is 7.26. The quantitative estimate of drug-likeness (QED) is 0.784. The predicted octanol–water partition coefficient (Wildman–Crippen LogP) is 3.00. The van der Waals surface area contributed by atoms with Crippen LogP contribution in [0.3, 0.4) is 0 Å². The van der Waals surface area contributed by atoms with Gasteiger partial charge in [-0.25, -0.2) is 4.98 Å². The molecule has 1 unspecified atom stereocenters. The SMILES string of the molecule is CCOc1cccc(C(C)Nc2cc(C)nc3ncnn23)c1. The maximum absolute atomic E-state index is 5.56. The molecule has 22 heavy (non-hydrogen) atoms. The molecule has 2 aromatic heterocycles. The zero-order chi connectivity index (χ0) is 15.5. The molecule has 0 fully saturated rings. The summed E-state index contributed by atoms with van der Waals surface area (Å²) in [6.07, 6.45) is 1.51. The number of nitrogens with one attached hydrogen (secondary N) is 1. The van der Waals surface area contributed by atoms with E-state index < -0.39 is 0 Å². The van der Waals surface area contributed by atoms with Crippen molar-refractivity contribution in [2.75, 3.05) is 11.9 Å². The van der Waals surface area contributed by atoms with Gasteiger partial charge in [0.1, 0.15) is 17.9 Å². The van der Waals surface area contributed by atoms with Gasteiger partial charge in [0.15, 0.2) is 0 Å². The first-order valence-electron chi connectivity index (χ1n) is 7.34. The maximum atomic E-state index is 5.56. The molecule has 1 atom stereocenters. The van der Waals surface area contributed by atoms with Crippen molar-refractivity contribution in [2.24, 2.45) is 0 Å². The number of aryl methyl sites for hydroxylation is 1. The van der Waals surface area contributed by atoms with E-state index in [0.29, 0.717) is 12.4 Å². The normalized spacial score (nSPS) is 12.3. The van der Waals surface area contributed by atoms with Crippen molar-refractivity contribution < 1.29 is 4.74 Å². The number of rotatable bonds is 5. The molecule has 0 bridgehead atoms. The van der Waals surface area contributed by atoms with E-state index in [9.17, 15) is 0 Å². The highest BCUT2D eigenvalue weighted by atomic mass is 16.5. The van der Waals surface area contributed by atoms with Gasteiger partial charge >= 0.3 is 0 Å². The van der Waals surface area contributed by atoms with Crippen LogP contribution in [0.15, 0.2) is 36.7 Å². The average molecular weight is 297 g/mol. The number of nitrogens with zero attached hydrogens (tertiary/aromatic N) is 4. The number of benzene rings is 1. The summed E-state index contributed by atoms with van der Waals surface area (Å²) in [6, 6.07) is 10.2. The second kappa shape index (κ2) is 6.01. The molecular weight excluding hydrogens is 278 g/mol. The fraction of sp³-hybridized carbons (Fsp3) is 0.312. The summed E-state index contributed by atoms with van der Waals surface area (Å²) in [5.74, 6) is 2.34. The van der Waals surface area contributed by atoms with Crippen LogP contribution in [0.1, 0.15) is 31.1 Å². The predicted molar refractivity (Wildman–Crippen MR) is 85.2 cm³/mol. The van der Waals surface area contributed by atoms with Gasteiger partial charge in [-0.05, 0) is 38.5 Å². The zero-order valence-electron chi connectivity index (χ0n) is 12.9. The van der Waals surface area contributed by atoms with Gasteiger partial charge in [-0.2, -0.15) is 14.6 Å². The second-order valence-electron chi connectivity index (χ2n) is 5.13. The Labute approximate surface area is 129 Å². The summed E-state index contributed by atoms with van der Waals surface area (Å²) in [7, 11) is 0. The first kappa shape index (κ1) is 14.3. The Morgan fingerprint density at radius 2 is 2.18 bits per heavy atom. The minimum absolute atomic E-state index is 0.106. The van der Waals surface area contributed by atoms with Crippen LogP contribution >= 0.6 is 0 Å². The number of aromatic nitrogens is 4. The molecule has 1 aromatic carbocycles. The third-order valence-corrected chi connectivity index (χ3v) is 3.41. The molecule has 0 saturated carbocycles. The molecule has 114 valence electrons. The van der Waals surface area contributed by atoms with E-state index in [4.69, 9.17) is 4.74 Å². The van der Waals surface area contributed by atoms with Crippen LogP contribution < -0.4 is 10.1 Å². The van der Waals surface area contributed by atoms with Gasteiger partial charge < -0.3 is 10.1 Å². The Kier molecular flexibility index (Phi) is 3.91. The number of anilines is 1. The molecule has 6 nitrogen and oxygen atoms in total. The van der Waals surface area contributed by atoms with Gasteiger partial charge in [-0.15, -0.1) is 0 Å². The summed E-state index contributed by atoms with van der Waals surface area (Å²) in [5.41, 5.74) is 2.05. The molecular formula is C16H19N5O. The van der Waals surface area contributed by atoms with Crippen molar-refractivity contribution >= 4 is 11.6 Å². The average Bonchev–Trinajstić information content (AvgIpc) is 2.96. The first-order chi connectivity index (χ1) is 10.7. The highest BCUT2D eigenvalue weighted by molar-refractivity contribution is 5.46. The molecule has 6 heteroatoms. The molecule has 3 aromatic rings. The lowest BCUT2D eigenvalue weighted by Crippen LogP contribution is -2.11. The number of hydrogen-bond acceptors (Lipinski definition) is 5. The van der Waals surface area contributed by atoms with Crippen molar-refractivity contribution in [2.45, 2.75) is 26.8 Å². The van der Waals surface area contributed by atoms with Crippen molar-refractivity contribution in [3.8, 4) is 5.75 Å². The minimum Gasteiger partial charge on any atom is -0.494 e. The van der Waals surface area contributed by atoms with E-state index in [1.165, 1.54) is 6.33 Å². The zero-order valence-corrected chi connectivity index (χ0v) is 12.9. The van der Waals surface area contributed by atoms with Gasteiger partial charge in [0, 0.05) is 11.8 Å². The lowest BCUT2D eigenvalue weighted by molar-refractivity contribution is 0.340. The molecule has 0 amide bonds. The number of fused-ring (bicyclic) bond motifs is 1. The minimum atomic E-state index is 0.106. The highest BCUT2D eigenvalue weighted by Gasteiger charge is 2.11. The van der Waals surface area contributed by atoms with E-state index in [1.807, 2.05) is 38.1 Å². The van der Waals surface area contributed by atoms with Crippen LogP contribution in [0.25, 0.3) is 5.78 Å². The first-order valence-corrected chi connectivity index (χ1v) is 7.34. The van der Waals surface area contributed by atoms with Gasteiger partial charge in [0.05, 0.1) is 12.6 Å². The fourth-order valence-electron chi connectivity index (χ4n) is 2.38. The molecule has 1 N–H and O–H groups in total. The molecule has 0 aliphatic rings. The fourth-order valence-corrected chi connectivity index (χ4v) is 2.38. The lowest BCUT2D eigenvalue weighted by atomic mass is 10.1. The van der Waals surface area contributed by atoms with Crippen molar-refractivity contribution in [1.82, 2.24) is 19.6 Å². The molecule has 0 aliphatic carbocycles. The van der Waals surface area contributed by atoms with Crippen LogP contribution in [0, 0.1) is 6.92 Å². The maximum Gasteiger partial charge on any atom is 0.254 e. The highest BCUT2D eigenvalue weighted by Crippen LogP contribution is 2.23. The van der Waals surface area contributed by atoms with Gasteiger partial charge in [-0.3, -0.25) is 0 Å². The Balaban J connectivity index is 1.88. The van der Waals surface area contributed by atoms with Crippen LogP contribution in [0.5, 0.6) is 5.75 Å². The Morgan fingerprint density at radius 3 is 3.00 bits per heavy atom. The van der Waals surface area contributed by atoms with Gasteiger partial charge in [0.25, 0.3) is 5.78 Å². The second-order valence-corrected chi connectivity index (χ2v) is 5.13. The molecule has 0 spiro atoms. The lowest BCUT2D eigenvalue weighted by Gasteiger charge is -2.17. The summed E-state index contributed by atoms with van der Waals surface area (Å²) in [5, 5.41) is 7.67. The van der Waals surface area contributed by atoms with Crippen LogP contribution in [-0.2, 0) is 0 Å². The van der Waals surface area contributed by atoms with E-state index in [1.54, 1.807) is 4.52 Å². The van der Waals surface area contributed by atoms with E-state index in [0.717, 1.165) is 22.8 Å². The molecule has 0 aliphatic heterocycles. The summed E-state index contributed by atoms with van der Waals surface area (Å²) >= 11 is 0. The largest absolute Gasteiger partial charge is 0.494 e. The smallest absolute Gasteiger partial charge is 0.254 e. The molecule has 3 rings (SSSR count). The summed E-state index contributed by atoms with van der Waals surface area (Å²) in [6.45, 7) is 6.69. The molecule has 0 saturated heterocycles. The van der Waals surface area contributed by atoms with Crippen molar-refractivity contribution in [1.29, 1.82) is 0 Å².